The van der Waals surface area contributed by atoms with Gasteiger partial charge in [0.25, 0.3) is 5.91 Å². The molecule has 4 aromatic carbocycles. The molecular formula is C30H25N3O. The molecule has 0 fully saturated rings. The maximum atomic E-state index is 13.2. The van der Waals surface area contributed by atoms with Crippen LogP contribution in [0.25, 0.3) is 0 Å². The van der Waals surface area contributed by atoms with Crippen molar-refractivity contribution in [2.24, 2.45) is 0 Å². The van der Waals surface area contributed by atoms with Gasteiger partial charge in [-0.1, -0.05) is 121 Å². The van der Waals surface area contributed by atoms with E-state index in [2.05, 4.69) is 16.7 Å². The summed E-state index contributed by atoms with van der Waals surface area (Å²) in [6.07, 6.45) is 1.51. The number of carbonyl (C=O) groups is 1. The molecular weight excluding hydrogens is 418 g/mol. The zero-order valence-electron chi connectivity index (χ0n) is 18.6. The van der Waals surface area contributed by atoms with E-state index in [0.717, 1.165) is 22.3 Å². The zero-order chi connectivity index (χ0) is 23.6. The Bertz CT molecular complexity index is 1190. The van der Waals surface area contributed by atoms with Crippen molar-refractivity contribution in [1.29, 1.82) is 5.26 Å². The molecule has 4 nitrogen and oxygen atoms in total. The summed E-state index contributed by atoms with van der Waals surface area (Å²) in [6, 6.07) is 40.8. The summed E-state index contributed by atoms with van der Waals surface area (Å²) in [5.41, 5.74) is 3.97. The molecule has 4 heteroatoms. The fourth-order valence-electron chi connectivity index (χ4n) is 3.85. The Morgan fingerprint density at radius 2 is 0.971 bits per heavy atom. The second-order valence-corrected chi connectivity index (χ2v) is 7.82. The standard InChI is InChI=1S/C30H25N3O/c31-21-27(22-32-28(23-13-5-1-6-14-23)24-15-7-2-8-16-24)30(34)33-29(25-17-9-3-10-18-25)26-19-11-4-12-20-26/h1-20,22,28-29,32H,(H,33,34)/b27-22-. The van der Waals surface area contributed by atoms with Crippen LogP contribution in [0.3, 0.4) is 0 Å². The van der Waals surface area contributed by atoms with E-state index in [-0.39, 0.29) is 17.7 Å². The number of nitriles is 1. The minimum absolute atomic E-state index is 0.00808. The van der Waals surface area contributed by atoms with Gasteiger partial charge in [-0.05, 0) is 22.3 Å². The summed E-state index contributed by atoms with van der Waals surface area (Å²) in [5.74, 6) is -0.437. The maximum absolute atomic E-state index is 13.2. The Hall–Kier alpha value is -4.62. The van der Waals surface area contributed by atoms with Crippen molar-refractivity contribution in [2.45, 2.75) is 12.1 Å². The number of hydrogen-bond donors (Lipinski definition) is 2. The molecule has 0 unspecified atom stereocenters. The van der Waals surface area contributed by atoms with Gasteiger partial charge in [-0.2, -0.15) is 5.26 Å². The van der Waals surface area contributed by atoms with Crippen LogP contribution in [0.2, 0.25) is 0 Å². The highest BCUT2D eigenvalue weighted by molar-refractivity contribution is 5.97. The third kappa shape index (κ3) is 5.59. The molecule has 1 amide bonds. The van der Waals surface area contributed by atoms with E-state index < -0.39 is 5.91 Å². The normalized spacial score (nSPS) is 11.1. The van der Waals surface area contributed by atoms with Gasteiger partial charge in [0.15, 0.2) is 0 Å². The molecule has 0 aromatic heterocycles. The number of amides is 1. The summed E-state index contributed by atoms with van der Waals surface area (Å²) in [4.78, 5) is 13.2. The monoisotopic (exact) mass is 443 g/mol. The van der Waals surface area contributed by atoms with Crippen LogP contribution < -0.4 is 10.6 Å². The molecule has 0 radical (unpaired) electrons. The molecule has 34 heavy (non-hydrogen) atoms. The number of benzene rings is 4. The van der Waals surface area contributed by atoms with Crippen molar-refractivity contribution >= 4 is 5.91 Å². The number of carbonyl (C=O) groups excluding carboxylic acids is 1. The number of hydrogen-bond acceptors (Lipinski definition) is 3. The molecule has 4 aromatic rings. The lowest BCUT2D eigenvalue weighted by atomic mass is 9.98. The van der Waals surface area contributed by atoms with Gasteiger partial charge in [-0.3, -0.25) is 4.79 Å². The molecule has 0 saturated heterocycles. The Labute approximate surface area is 200 Å². The maximum Gasteiger partial charge on any atom is 0.264 e. The molecule has 0 aliphatic heterocycles. The van der Waals surface area contributed by atoms with Crippen molar-refractivity contribution < 1.29 is 4.79 Å². The number of nitrogens with one attached hydrogen (secondary N) is 2. The van der Waals surface area contributed by atoms with Gasteiger partial charge in [-0.15, -0.1) is 0 Å². The molecule has 0 bridgehead atoms. The molecule has 0 saturated carbocycles. The van der Waals surface area contributed by atoms with Gasteiger partial charge in [0.1, 0.15) is 11.6 Å². The van der Waals surface area contributed by atoms with Gasteiger partial charge in [0.2, 0.25) is 0 Å². The molecule has 166 valence electrons. The largest absolute Gasteiger partial charge is 0.379 e. The first-order valence-corrected chi connectivity index (χ1v) is 11.1. The summed E-state index contributed by atoms with van der Waals surface area (Å²) in [5, 5.41) is 16.1. The van der Waals surface area contributed by atoms with E-state index in [1.165, 1.54) is 6.20 Å². The van der Waals surface area contributed by atoms with Crippen molar-refractivity contribution in [3.63, 3.8) is 0 Å². The summed E-state index contributed by atoms with van der Waals surface area (Å²) < 4.78 is 0. The highest BCUT2D eigenvalue weighted by Gasteiger charge is 2.20. The molecule has 0 aliphatic carbocycles. The zero-order valence-corrected chi connectivity index (χ0v) is 18.6. The number of nitrogens with zero attached hydrogens (tertiary/aromatic N) is 1. The topological polar surface area (TPSA) is 64.9 Å². The van der Waals surface area contributed by atoms with E-state index in [1.54, 1.807) is 0 Å². The number of rotatable bonds is 8. The van der Waals surface area contributed by atoms with Gasteiger partial charge in [-0.25, -0.2) is 0 Å². The average molecular weight is 444 g/mol. The van der Waals surface area contributed by atoms with Crippen LogP contribution in [0.5, 0.6) is 0 Å². The molecule has 0 atom stereocenters. The van der Waals surface area contributed by atoms with E-state index in [9.17, 15) is 10.1 Å². The van der Waals surface area contributed by atoms with Crippen molar-refractivity contribution in [2.75, 3.05) is 0 Å². The third-order valence-electron chi connectivity index (χ3n) is 5.57. The summed E-state index contributed by atoms with van der Waals surface area (Å²) >= 11 is 0. The predicted octanol–water partition coefficient (Wildman–Crippen LogP) is 5.68. The molecule has 0 aliphatic rings. The Balaban J connectivity index is 1.59. The summed E-state index contributed by atoms with van der Waals surface area (Å²) in [6.45, 7) is 0. The quantitative estimate of drug-likeness (QED) is 0.272. The van der Waals surface area contributed by atoms with E-state index >= 15 is 0 Å². The van der Waals surface area contributed by atoms with Crippen LogP contribution in [0.1, 0.15) is 34.3 Å². The average Bonchev–Trinajstić information content (AvgIpc) is 2.91. The second kappa shape index (κ2) is 11.3. The second-order valence-electron chi connectivity index (χ2n) is 7.82. The van der Waals surface area contributed by atoms with E-state index in [1.807, 2.05) is 121 Å². The van der Waals surface area contributed by atoms with E-state index in [4.69, 9.17) is 0 Å². The van der Waals surface area contributed by atoms with Gasteiger partial charge in [0, 0.05) is 6.20 Å². The first-order chi connectivity index (χ1) is 16.8. The Kier molecular flexibility index (Phi) is 7.50. The van der Waals surface area contributed by atoms with Crippen molar-refractivity contribution in [3.05, 3.63) is 155 Å². The Morgan fingerprint density at radius 3 is 1.32 bits per heavy atom. The highest BCUT2D eigenvalue weighted by atomic mass is 16.1. The van der Waals surface area contributed by atoms with E-state index in [0.29, 0.717) is 0 Å². The highest BCUT2D eigenvalue weighted by Crippen LogP contribution is 2.23. The van der Waals surface area contributed by atoms with Crippen molar-refractivity contribution in [3.8, 4) is 6.07 Å². The molecule has 0 heterocycles. The SMILES string of the molecule is N#C/C(=C/NC(c1ccccc1)c1ccccc1)C(=O)NC(c1ccccc1)c1ccccc1. The lowest BCUT2D eigenvalue weighted by Crippen LogP contribution is -2.31. The van der Waals surface area contributed by atoms with Gasteiger partial charge >= 0.3 is 0 Å². The predicted molar refractivity (Wildman–Crippen MR) is 134 cm³/mol. The van der Waals surface area contributed by atoms with Crippen LogP contribution >= 0.6 is 0 Å². The van der Waals surface area contributed by atoms with Gasteiger partial charge in [0.05, 0.1) is 12.1 Å². The molecule has 0 spiro atoms. The van der Waals surface area contributed by atoms with Crippen molar-refractivity contribution in [1.82, 2.24) is 10.6 Å². The lowest BCUT2D eigenvalue weighted by Gasteiger charge is -2.21. The minimum atomic E-state index is -0.437. The first kappa shape index (κ1) is 22.6. The van der Waals surface area contributed by atoms with Crippen LogP contribution in [-0.4, -0.2) is 5.91 Å². The fraction of sp³-hybridized carbons (Fsp3) is 0.0667. The fourth-order valence-corrected chi connectivity index (χ4v) is 3.85. The van der Waals surface area contributed by atoms with Crippen LogP contribution in [0, 0.1) is 11.3 Å². The third-order valence-corrected chi connectivity index (χ3v) is 5.57. The Morgan fingerprint density at radius 1 is 0.618 bits per heavy atom. The summed E-state index contributed by atoms with van der Waals surface area (Å²) in [7, 11) is 0. The van der Waals surface area contributed by atoms with Gasteiger partial charge < -0.3 is 10.6 Å². The molecule has 2 N–H and O–H groups in total. The van der Waals surface area contributed by atoms with Crippen LogP contribution in [-0.2, 0) is 4.79 Å². The van der Waals surface area contributed by atoms with Crippen LogP contribution in [0.4, 0.5) is 0 Å². The lowest BCUT2D eigenvalue weighted by molar-refractivity contribution is -0.117. The smallest absolute Gasteiger partial charge is 0.264 e. The first-order valence-electron chi connectivity index (χ1n) is 11.1. The molecule has 4 rings (SSSR count). The minimum Gasteiger partial charge on any atom is -0.379 e. The van der Waals surface area contributed by atoms with Crippen LogP contribution in [0.15, 0.2) is 133 Å².